The lowest BCUT2D eigenvalue weighted by Crippen LogP contribution is -1.95. The molecule has 0 atom stereocenters. The van der Waals surface area contributed by atoms with Crippen molar-refractivity contribution in [1.29, 1.82) is 0 Å². The van der Waals surface area contributed by atoms with Gasteiger partial charge < -0.3 is 10.2 Å². The van der Waals surface area contributed by atoms with Crippen LogP contribution in [0, 0.1) is 6.92 Å². The van der Waals surface area contributed by atoms with Gasteiger partial charge >= 0.3 is 5.97 Å². The number of carbonyl (C=O) groups is 1. The average molecular weight is 192 g/mol. The molecule has 74 valence electrons. The van der Waals surface area contributed by atoms with Crippen LogP contribution in [0.15, 0.2) is 23.8 Å². The third-order valence-electron chi connectivity index (χ3n) is 1.96. The van der Waals surface area contributed by atoms with Crippen LogP contribution in [-0.2, 0) is 4.79 Å². The molecule has 1 aromatic carbocycles. The molecule has 0 aliphatic carbocycles. The van der Waals surface area contributed by atoms with Crippen molar-refractivity contribution in [2.45, 2.75) is 13.8 Å². The molecule has 0 amide bonds. The van der Waals surface area contributed by atoms with E-state index >= 15 is 0 Å². The Morgan fingerprint density at radius 3 is 2.57 bits per heavy atom. The largest absolute Gasteiger partial charge is 0.508 e. The highest BCUT2D eigenvalue weighted by Crippen LogP contribution is 2.18. The highest BCUT2D eigenvalue weighted by molar-refractivity contribution is 5.91. The maximum absolute atomic E-state index is 10.6. The maximum Gasteiger partial charge on any atom is 0.331 e. The molecule has 1 rings (SSSR count). The molecule has 0 unspecified atom stereocenters. The van der Waals surface area contributed by atoms with Crippen molar-refractivity contribution < 1.29 is 15.0 Å². The first-order valence-electron chi connectivity index (χ1n) is 4.22. The Bertz CT molecular complexity index is 392. The van der Waals surface area contributed by atoms with E-state index in [1.54, 1.807) is 18.2 Å². The number of benzene rings is 1. The quantitative estimate of drug-likeness (QED) is 0.706. The van der Waals surface area contributed by atoms with E-state index in [0.29, 0.717) is 0 Å². The van der Waals surface area contributed by atoms with Gasteiger partial charge in [-0.15, -0.1) is 0 Å². The van der Waals surface area contributed by atoms with Crippen molar-refractivity contribution >= 4 is 12.0 Å². The Hall–Kier alpha value is -1.77. The van der Waals surface area contributed by atoms with Crippen LogP contribution in [0.1, 0.15) is 18.1 Å². The number of carboxylic acid groups (broad SMARTS) is 1. The molecule has 0 saturated heterocycles. The monoisotopic (exact) mass is 192 g/mol. The number of aromatic hydroxyl groups is 1. The average Bonchev–Trinajstić information content (AvgIpc) is 2.09. The van der Waals surface area contributed by atoms with Crippen LogP contribution in [0.3, 0.4) is 0 Å². The SMILES string of the molecule is C/C(=C\c1ccc(O)cc1C)C(=O)O. The van der Waals surface area contributed by atoms with Crippen LogP contribution in [0.4, 0.5) is 0 Å². The second-order valence-corrected chi connectivity index (χ2v) is 3.17. The Morgan fingerprint density at radius 1 is 1.43 bits per heavy atom. The van der Waals surface area contributed by atoms with E-state index in [1.165, 1.54) is 13.0 Å². The van der Waals surface area contributed by atoms with E-state index in [0.717, 1.165) is 11.1 Å². The first kappa shape index (κ1) is 10.3. The van der Waals surface area contributed by atoms with Crippen molar-refractivity contribution in [3.05, 3.63) is 34.9 Å². The van der Waals surface area contributed by atoms with Gasteiger partial charge in [-0.3, -0.25) is 0 Å². The summed E-state index contributed by atoms with van der Waals surface area (Å²) >= 11 is 0. The normalized spacial score (nSPS) is 11.4. The van der Waals surface area contributed by atoms with Gasteiger partial charge in [0.05, 0.1) is 0 Å². The molecule has 1 aromatic rings. The number of rotatable bonds is 2. The Kier molecular flexibility index (Phi) is 2.92. The van der Waals surface area contributed by atoms with E-state index < -0.39 is 5.97 Å². The fourth-order valence-electron chi connectivity index (χ4n) is 1.12. The lowest BCUT2D eigenvalue weighted by molar-refractivity contribution is -0.132. The standard InChI is InChI=1S/C11H12O3/c1-7-6-10(12)4-3-9(7)5-8(2)11(13)14/h3-6,12H,1-2H3,(H,13,14)/b8-5+. The van der Waals surface area contributed by atoms with Crippen molar-refractivity contribution in [2.75, 3.05) is 0 Å². The van der Waals surface area contributed by atoms with E-state index in [9.17, 15) is 4.79 Å². The summed E-state index contributed by atoms with van der Waals surface area (Å²) in [6.45, 7) is 3.36. The second-order valence-electron chi connectivity index (χ2n) is 3.17. The zero-order valence-electron chi connectivity index (χ0n) is 8.11. The van der Waals surface area contributed by atoms with Crippen molar-refractivity contribution in [3.8, 4) is 5.75 Å². The fourth-order valence-corrected chi connectivity index (χ4v) is 1.12. The minimum atomic E-state index is -0.933. The molecule has 14 heavy (non-hydrogen) atoms. The molecule has 0 bridgehead atoms. The summed E-state index contributed by atoms with van der Waals surface area (Å²) in [7, 11) is 0. The topological polar surface area (TPSA) is 57.5 Å². The predicted octanol–water partition coefficient (Wildman–Crippen LogP) is 2.19. The lowest BCUT2D eigenvalue weighted by Gasteiger charge is -2.01. The number of hydrogen-bond acceptors (Lipinski definition) is 2. The molecule has 0 spiro atoms. The first-order chi connectivity index (χ1) is 6.50. The zero-order chi connectivity index (χ0) is 10.7. The van der Waals surface area contributed by atoms with E-state index in [2.05, 4.69) is 0 Å². The minimum Gasteiger partial charge on any atom is -0.508 e. The van der Waals surface area contributed by atoms with Gasteiger partial charge in [-0.1, -0.05) is 6.07 Å². The highest BCUT2D eigenvalue weighted by Gasteiger charge is 2.02. The number of phenols is 1. The van der Waals surface area contributed by atoms with Crippen molar-refractivity contribution in [1.82, 2.24) is 0 Å². The summed E-state index contributed by atoms with van der Waals surface area (Å²) in [5.41, 5.74) is 1.94. The molecule has 0 aliphatic rings. The Balaban J connectivity index is 3.09. The molecule has 0 radical (unpaired) electrons. The van der Waals surface area contributed by atoms with Gasteiger partial charge in [-0.05, 0) is 43.2 Å². The van der Waals surface area contributed by atoms with Crippen molar-refractivity contribution in [2.24, 2.45) is 0 Å². The number of carboxylic acids is 1. The summed E-state index contributed by atoms with van der Waals surface area (Å²) in [6.07, 6.45) is 1.58. The molecule has 0 aromatic heterocycles. The van der Waals surface area contributed by atoms with Crippen molar-refractivity contribution in [3.63, 3.8) is 0 Å². The Morgan fingerprint density at radius 2 is 2.07 bits per heavy atom. The summed E-state index contributed by atoms with van der Waals surface area (Å²) < 4.78 is 0. The third-order valence-corrected chi connectivity index (χ3v) is 1.96. The van der Waals surface area contributed by atoms with E-state index in [1.807, 2.05) is 6.92 Å². The number of hydrogen-bond donors (Lipinski definition) is 2. The van der Waals surface area contributed by atoms with Crippen LogP contribution in [0.5, 0.6) is 5.75 Å². The molecule has 0 saturated carbocycles. The summed E-state index contributed by atoms with van der Waals surface area (Å²) in [5, 5.41) is 17.8. The fraction of sp³-hybridized carbons (Fsp3) is 0.182. The van der Waals surface area contributed by atoms with Crippen LogP contribution in [-0.4, -0.2) is 16.2 Å². The lowest BCUT2D eigenvalue weighted by atomic mass is 10.1. The van der Waals surface area contributed by atoms with Crippen LogP contribution < -0.4 is 0 Å². The van der Waals surface area contributed by atoms with E-state index in [4.69, 9.17) is 10.2 Å². The number of aryl methyl sites for hydroxylation is 1. The first-order valence-corrected chi connectivity index (χ1v) is 4.22. The van der Waals surface area contributed by atoms with Gasteiger partial charge in [0.15, 0.2) is 0 Å². The molecule has 0 heterocycles. The smallest absolute Gasteiger partial charge is 0.331 e. The summed E-state index contributed by atoms with van der Waals surface area (Å²) in [6, 6.07) is 4.83. The molecule has 2 N–H and O–H groups in total. The predicted molar refractivity (Wildman–Crippen MR) is 54.1 cm³/mol. The molecule has 0 fully saturated rings. The van der Waals surface area contributed by atoms with Gasteiger partial charge in [-0.2, -0.15) is 0 Å². The van der Waals surface area contributed by atoms with Gasteiger partial charge in [-0.25, -0.2) is 4.79 Å². The number of aliphatic carboxylic acids is 1. The molecule has 3 heteroatoms. The minimum absolute atomic E-state index is 0.188. The highest BCUT2D eigenvalue weighted by atomic mass is 16.4. The van der Waals surface area contributed by atoms with Gasteiger partial charge in [0.2, 0.25) is 0 Å². The molecular formula is C11H12O3. The number of phenolic OH excluding ortho intramolecular Hbond substituents is 1. The van der Waals surface area contributed by atoms with Gasteiger partial charge in [0.1, 0.15) is 5.75 Å². The Labute approximate surface area is 82.3 Å². The van der Waals surface area contributed by atoms with Crippen LogP contribution in [0.2, 0.25) is 0 Å². The van der Waals surface area contributed by atoms with E-state index in [-0.39, 0.29) is 11.3 Å². The summed E-state index contributed by atoms with van der Waals surface area (Å²) in [4.78, 5) is 10.6. The van der Waals surface area contributed by atoms with Crippen LogP contribution in [0.25, 0.3) is 6.08 Å². The maximum atomic E-state index is 10.6. The zero-order valence-corrected chi connectivity index (χ0v) is 8.11. The molecule has 0 aliphatic heterocycles. The molecular weight excluding hydrogens is 180 g/mol. The van der Waals surface area contributed by atoms with Crippen LogP contribution >= 0.6 is 0 Å². The second kappa shape index (κ2) is 3.96. The van der Waals surface area contributed by atoms with Gasteiger partial charge in [0, 0.05) is 5.57 Å². The molecule has 3 nitrogen and oxygen atoms in total. The van der Waals surface area contributed by atoms with Gasteiger partial charge in [0.25, 0.3) is 0 Å². The third kappa shape index (κ3) is 2.36. The summed E-state index contributed by atoms with van der Waals surface area (Å²) in [5.74, 6) is -0.745.